The molecule has 0 bridgehead atoms. The first kappa shape index (κ1) is 14.7. The first-order valence-electron chi connectivity index (χ1n) is 6.88. The van der Waals surface area contributed by atoms with Crippen molar-refractivity contribution >= 4 is 17.3 Å². The minimum Gasteiger partial charge on any atom is -0.465 e. The standard InChI is InChI=1S/C15H22N2O3/c1-15(19)6-3-8-17(9-7-15)11-4-5-13(16)12(10-11)14(18)20-2/h4-5,10,19H,3,6-9,16H2,1-2H3. The molecule has 0 radical (unpaired) electrons. The Kier molecular flexibility index (Phi) is 4.18. The largest absolute Gasteiger partial charge is 0.465 e. The van der Waals surface area contributed by atoms with Gasteiger partial charge in [0.15, 0.2) is 0 Å². The van der Waals surface area contributed by atoms with Crippen LogP contribution in [-0.2, 0) is 4.74 Å². The van der Waals surface area contributed by atoms with Crippen molar-refractivity contribution in [2.24, 2.45) is 0 Å². The molecule has 1 heterocycles. The molecule has 1 aromatic carbocycles. The lowest BCUT2D eigenvalue weighted by Gasteiger charge is -2.24. The zero-order valence-electron chi connectivity index (χ0n) is 12.1. The van der Waals surface area contributed by atoms with Gasteiger partial charge in [0.25, 0.3) is 0 Å². The number of carbonyl (C=O) groups is 1. The van der Waals surface area contributed by atoms with Crippen molar-refractivity contribution in [3.8, 4) is 0 Å². The maximum atomic E-state index is 11.7. The van der Waals surface area contributed by atoms with Crippen LogP contribution in [0.2, 0.25) is 0 Å². The number of hydrogen-bond acceptors (Lipinski definition) is 5. The maximum absolute atomic E-state index is 11.7. The van der Waals surface area contributed by atoms with Gasteiger partial charge < -0.3 is 20.5 Å². The van der Waals surface area contributed by atoms with Crippen molar-refractivity contribution in [2.75, 3.05) is 30.8 Å². The predicted molar refractivity (Wildman–Crippen MR) is 78.9 cm³/mol. The van der Waals surface area contributed by atoms with Crippen molar-refractivity contribution in [1.29, 1.82) is 0 Å². The highest BCUT2D eigenvalue weighted by Gasteiger charge is 2.25. The number of hydrogen-bond donors (Lipinski definition) is 2. The quantitative estimate of drug-likeness (QED) is 0.637. The smallest absolute Gasteiger partial charge is 0.340 e. The van der Waals surface area contributed by atoms with Crippen LogP contribution in [0, 0.1) is 0 Å². The monoisotopic (exact) mass is 278 g/mol. The maximum Gasteiger partial charge on any atom is 0.340 e. The zero-order chi connectivity index (χ0) is 14.8. The van der Waals surface area contributed by atoms with E-state index < -0.39 is 11.6 Å². The number of nitrogens with two attached hydrogens (primary N) is 1. The topological polar surface area (TPSA) is 75.8 Å². The van der Waals surface area contributed by atoms with Gasteiger partial charge in [-0.2, -0.15) is 0 Å². The summed E-state index contributed by atoms with van der Waals surface area (Å²) in [6.45, 7) is 3.50. The van der Waals surface area contributed by atoms with Crippen molar-refractivity contribution in [3.05, 3.63) is 23.8 Å². The number of anilines is 2. The molecule has 20 heavy (non-hydrogen) atoms. The molecule has 1 aliphatic rings. The van der Waals surface area contributed by atoms with Crippen LogP contribution >= 0.6 is 0 Å². The second-order valence-corrected chi connectivity index (χ2v) is 5.60. The van der Waals surface area contributed by atoms with Crippen molar-refractivity contribution in [3.63, 3.8) is 0 Å². The fourth-order valence-corrected chi connectivity index (χ4v) is 2.55. The van der Waals surface area contributed by atoms with E-state index >= 15 is 0 Å². The predicted octanol–water partition coefficient (Wildman–Crippen LogP) is 1.80. The Morgan fingerprint density at radius 3 is 2.85 bits per heavy atom. The van der Waals surface area contributed by atoms with Gasteiger partial charge in [-0.3, -0.25) is 0 Å². The first-order valence-corrected chi connectivity index (χ1v) is 6.88. The number of rotatable bonds is 2. The highest BCUT2D eigenvalue weighted by atomic mass is 16.5. The van der Waals surface area contributed by atoms with Gasteiger partial charge in [-0.1, -0.05) is 0 Å². The number of nitrogen functional groups attached to an aromatic ring is 1. The molecular formula is C15H22N2O3. The molecule has 2 rings (SSSR count). The third-order valence-corrected chi connectivity index (χ3v) is 3.87. The molecule has 1 saturated heterocycles. The Hall–Kier alpha value is -1.75. The Bertz CT molecular complexity index is 500. The number of ether oxygens (including phenoxy) is 1. The molecule has 5 nitrogen and oxygen atoms in total. The normalized spacial score (nSPS) is 23.2. The molecular weight excluding hydrogens is 256 g/mol. The van der Waals surface area contributed by atoms with Gasteiger partial charge in [0.1, 0.15) is 0 Å². The molecule has 110 valence electrons. The van der Waals surface area contributed by atoms with E-state index in [1.165, 1.54) is 7.11 Å². The average molecular weight is 278 g/mol. The van der Waals surface area contributed by atoms with Gasteiger partial charge in [-0.15, -0.1) is 0 Å². The van der Waals surface area contributed by atoms with E-state index in [-0.39, 0.29) is 0 Å². The van der Waals surface area contributed by atoms with Gasteiger partial charge in [0.2, 0.25) is 0 Å². The lowest BCUT2D eigenvalue weighted by molar-refractivity contribution is 0.0481. The molecule has 3 N–H and O–H groups in total. The summed E-state index contributed by atoms with van der Waals surface area (Å²) >= 11 is 0. The summed E-state index contributed by atoms with van der Waals surface area (Å²) < 4.78 is 4.74. The lowest BCUT2D eigenvalue weighted by atomic mass is 9.98. The van der Waals surface area contributed by atoms with Crippen LogP contribution < -0.4 is 10.6 Å². The third-order valence-electron chi connectivity index (χ3n) is 3.87. The van der Waals surface area contributed by atoms with E-state index in [1.54, 1.807) is 12.1 Å². The van der Waals surface area contributed by atoms with Crippen LogP contribution in [0.4, 0.5) is 11.4 Å². The van der Waals surface area contributed by atoms with E-state index in [2.05, 4.69) is 4.90 Å². The lowest BCUT2D eigenvalue weighted by Crippen LogP contribution is -2.28. The summed E-state index contributed by atoms with van der Waals surface area (Å²) in [6.07, 6.45) is 2.43. The second-order valence-electron chi connectivity index (χ2n) is 5.60. The first-order chi connectivity index (χ1) is 9.43. The third kappa shape index (κ3) is 3.22. The highest BCUT2D eigenvalue weighted by Crippen LogP contribution is 2.27. The van der Waals surface area contributed by atoms with E-state index in [0.29, 0.717) is 17.7 Å². The van der Waals surface area contributed by atoms with Gasteiger partial charge in [0.05, 0.1) is 18.3 Å². The van der Waals surface area contributed by atoms with Crippen molar-refractivity contribution < 1.29 is 14.6 Å². The summed E-state index contributed by atoms with van der Waals surface area (Å²) in [5.74, 6) is -0.425. The van der Waals surface area contributed by atoms with Crippen molar-refractivity contribution in [2.45, 2.75) is 31.8 Å². The Balaban J connectivity index is 2.22. The van der Waals surface area contributed by atoms with Gasteiger partial charge in [0, 0.05) is 24.5 Å². The molecule has 1 aromatic rings. The Morgan fingerprint density at radius 1 is 1.40 bits per heavy atom. The van der Waals surface area contributed by atoms with Crippen LogP contribution in [-0.4, -0.2) is 36.9 Å². The number of benzene rings is 1. The van der Waals surface area contributed by atoms with Crippen LogP contribution in [0.15, 0.2) is 18.2 Å². The molecule has 1 unspecified atom stereocenters. The molecule has 0 spiro atoms. The molecule has 0 amide bonds. The SMILES string of the molecule is COC(=O)c1cc(N2CCCC(C)(O)CC2)ccc1N. The summed E-state index contributed by atoms with van der Waals surface area (Å²) in [6, 6.07) is 5.40. The van der Waals surface area contributed by atoms with Crippen molar-refractivity contribution in [1.82, 2.24) is 0 Å². The van der Waals surface area contributed by atoms with E-state index in [4.69, 9.17) is 10.5 Å². The Labute approximate surface area is 119 Å². The van der Waals surface area contributed by atoms with Gasteiger partial charge in [-0.05, 0) is 44.4 Å². The highest BCUT2D eigenvalue weighted by molar-refractivity contribution is 5.96. The minimum atomic E-state index is -0.603. The van der Waals surface area contributed by atoms with Crippen LogP contribution in [0.5, 0.6) is 0 Å². The molecule has 1 fully saturated rings. The molecule has 1 atom stereocenters. The fraction of sp³-hybridized carbons (Fsp3) is 0.533. The molecule has 1 aliphatic heterocycles. The zero-order valence-corrected chi connectivity index (χ0v) is 12.1. The number of methoxy groups -OCH3 is 1. The second kappa shape index (κ2) is 5.71. The van der Waals surface area contributed by atoms with E-state index in [9.17, 15) is 9.90 Å². The van der Waals surface area contributed by atoms with E-state index in [0.717, 1.165) is 31.6 Å². The number of aliphatic hydroxyl groups is 1. The van der Waals surface area contributed by atoms with Gasteiger partial charge in [-0.25, -0.2) is 4.79 Å². The summed E-state index contributed by atoms with van der Waals surface area (Å²) in [7, 11) is 1.34. The summed E-state index contributed by atoms with van der Waals surface area (Å²) in [5.41, 5.74) is 6.96. The fourth-order valence-electron chi connectivity index (χ4n) is 2.55. The number of nitrogens with zero attached hydrogens (tertiary/aromatic N) is 1. The van der Waals surface area contributed by atoms with Crippen LogP contribution in [0.1, 0.15) is 36.5 Å². The minimum absolute atomic E-state index is 0.390. The van der Waals surface area contributed by atoms with Crippen LogP contribution in [0.25, 0.3) is 0 Å². The average Bonchev–Trinajstić information content (AvgIpc) is 2.59. The number of carbonyl (C=O) groups excluding carboxylic acids is 1. The van der Waals surface area contributed by atoms with E-state index in [1.807, 2.05) is 13.0 Å². The summed E-state index contributed by atoms with van der Waals surface area (Å²) in [5, 5.41) is 10.1. The van der Waals surface area contributed by atoms with Crippen LogP contribution in [0.3, 0.4) is 0 Å². The molecule has 0 aliphatic carbocycles. The Morgan fingerprint density at radius 2 is 2.15 bits per heavy atom. The summed E-state index contributed by atoms with van der Waals surface area (Å²) in [4.78, 5) is 13.9. The molecule has 5 heteroatoms. The molecule has 0 saturated carbocycles. The number of esters is 1. The molecule has 0 aromatic heterocycles. The van der Waals surface area contributed by atoms with Gasteiger partial charge >= 0.3 is 5.97 Å².